The summed E-state index contributed by atoms with van der Waals surface area (Å²) in [7, 11) is 0. The molecule has 0 amide bonds. The van der Waals surface area contributed by atoms with Gasteiger partial charge in [-0.05, 0) is 62.9 Å². The van der Waals surface area contributed by atoms with Gasteiger partial charge >= 0.3 is 0 Å². The lowest BCUT2D eigenvalue weighted by atomic mass is 10.0. The molecular weight excluding hydrogens is 338 g/mol. The van der Waals surface area contributed by atoms with Crippen LogP contribution in [0.5, 0.6) is 0 Å². The second-order valence-corrected chi connectivity index (χ2v) is 5.86. The highest BCUT2D eigenvalue weighted by Crippen LogP contribution is 2.21. The van der Waals surface area contributed by atoms with Crippen molar-refractivity contribution in [1.29, 1.82) is 0 Å². The zero-order valence-corrected chi connectivity index (χ0v) is 22.0. The fourth-order valence-corrected chi connectivity index (χ4v) is 1.42. The van der Waals surface area contributed by atoms with Crippen LogP contribution in [0.25, 0.3) is 6.08 Å². The number of aryl methyl sites for hydroxylation is 2. The molecule has 1 N–H and O–H groups in total. The van der Waals surface area contributed by atoms with Crippen molar-refractivity contribution in [3.8, 4) is 0 Å². The Morgan fingerprint density at radius 1 is 0.821 bits per heavy atom. The minimum atomic E-state index is 1.02. The molecule has 0 saturated heterocycles. The second kappa shape index (κ2) is 33.1. The minimum Gasteiger partial charge on any atom is -0.385 e. The van der Waals surface area contributed by atoms with Crippen LogP contribution in [0.15, 0.2) is 30.9 Å². The largest absolute Gasteiger partial charge is 0.385 e. The first-order valence-corrected chi connectivity index (χ1v) is 11.4. The number of unbranched alkanes of at least 4 members (excludes halogenated alkanes) is 1. The molecule has 0 atom stereocenters. The van der Waals surface area contributed by atoms with Crippen LogP contribution in [0.2, 0.25) is 0 Å². The molecule has 0 bridgehead atoms. The summed E-state index contributed by atoms with van der Waals surface area (Å²) >= 11 is 0. The molecule has 1 rings (SSSR count). The number of hydrogen-bond donors (Lipinski definition) is 1. The number of hydrogen-bond acceptors (Lipinski definition) is 1. The Morgan fingerprint density at radius 2 is 1.18 bits per heavy atom. The van der Waals surface area contributed by atoms with E-state index in [1.165, 1.54) is 40.8 Å². The van der Waals surface area contributed by atoms with E-state index in [0.29, 0.717) is 0 Å². The van der Waals surface area contributed by atoms with E-state index in [2.05, 4.69) is 65.2 Å². The molecule has 0 aromatic heterocycles. The highest BCUT2D eigenvalue weighted by Gasteiger charge is 2.01. The van der Waals surface area contributed by atoms with Crippen molar-refractivity contribution in [3.05, 3.63) is 47.6 Å². The summed E-state index contributed by atoms with van der Waals surface area (Å²) < 4.78 is 0. The highest BCUT2D eigenvalue weighted by molar-refractivity contribution is 5.67. The maximum atomic E-state index is 3.83. The van der Waals surface area contributed by atoms with Gasteiger partial charge in [-0.15, -0.1) is 6.58 Å². The summed E-state index contributed by atoms with van der Waals surface area (Å²) in [6, 6.07) is 4.38. The average Bonchev–Trinajstić information content (AvgIpc) is 2.72. The van der Waals surface area contributed by atoms with E-state index in [4.69, 9.17) is 0 Å². The van der Waals surface area contributed by atoms with Gasteiger partial charge in [0.2, 0.25) is 0 Å². The van der Waals surface area contributed by atoms with Crippen molar-refractivity contribution < 1.29 is 0 Å². The van der Waals surface area contributed by atoms with Crippen LogP contribution in [0.1, 0.15) is 112 Å². The summed E-state index contributed by atoms with van der Waals surface area (Å²) in [4.78, 5) is 0. The molecule has 0 aliphatic heterocycles. The Bertz CT molecular complexity index is 424. The first-order valence-electron chi connectivity index (χ1n) is 11.4. The molecule has 1 heteroatoms. The van der Waals surface area contributed by atoms with Crippen molar-refractivity contribution in [2.45, 2.75) is 109 Å². The van der Waals surface area contributed by atoms with Crippen LogP contribution < -0.4 is 5.32 Å². The lowest BCUT2D eigenvalue weighted by Crippen LogP contribution is -2.02. The van der Waals surface area contributed by atoms with E-state index >= 15 is 0 Å². The predicted molar refractivity (Wildman–Crippen MR) is 140 cm³/mol. The molecule has 0 unspecified atom stereocenters. The molecule has 0 spiro atoms. The van der Waals surface area contributed by atoms with Gasteiger partial charge in [-0.3, -0.25) is 0 Å². The highest BCUT2D eigenvalue weighted by atomic mass is 14.9. The Labute approximate surface area is 180 Å². The van der Waals surface area contributed by atoms with Crippen molar-refractivity contribution in [3.63, 3.8) is 0 Å². The summed E-state index contributed by atoms with van der Waals surface area (Å²) in [5.74, 6) is 0. The summed E-state index contributed by atoms with van der Waals surface area (Å²) in [6.07, 6.45) is 5.69. The lowest BCUT2D eigenvalue weighted by molar-refractivity contribution is 0.886. The molecule has 1 nitrogen and oxygen atoms in total. The van der Waals surface area contributed by atoms with Crippen LogP contribution in [0, 0.1) is 13.8 Å². The zero-order chi connectivity index (χ0) is 23.5. The summed E-state index contributed by atoms with van der Waals surface area (Å²) in [6.45, 7) is 35.1. The van der Waals surface area contributed by atoms with Gasteiger partial charge in [-0.1, -0.05) is 93.4 Å². The van der Waals surface area contributed by atoms with E-state index in [0.717, 1.165) is 13.0 Å². The van der Waals surface area contributed by atoms with Crippen LogP contribution in [0.4, 0.5) is 5.69 Å². The Hall–Kier alpha value is -1.50. The molecule has 28 heavy (non-hydrogen) atoms. The fourth-order valence-electron chi connectivity index (χ4n) is 1.42. The van der Waals surface area contributed by atoms with Crippen LogP contribution in [0.3, 0.4) is 0 Å². The van der Waals surface area contributed by atoms with Gasteiger partial charge in [-0.2, -0.15) is 0 Å². The molecule has 0 aliphatic carbocycles. The van der Waals surface area contributed by atoms with E-state index in [9.17, 15) is 0 Å². The molecule has 168 valence electrons. The maximum Gasteiger partial charge on any atom is 0.0416 e. The van der Waals surface area contributed by atoms with Gasteiger partial charge in [0.05, 0.1) is 0 Å². The van der Waals surface area contributed by atoms with Crippen molar-refractivity contribution in [2.24, 2.45) is 0 Å². The SMILES string of the molecule is C=C(C)C.C=Cc1cc(C)c(C)cc1NCCC.CC.CC.CC.CCCC. The number of anilines is 1. The molecular formula is C27H55N. The number of rotatable bonds is 5. The Balaban J connectivity index is -0.000000105. The van der Waals surface area contributed by atoms with Crippen molar-refractivity contribution >= 4 is 11.8 Å². The molecule has 0 aliphatic rings. The molecule has 0 saturated carbocycles. The zero-order valence-electron chi connectivity index (χ0n) is 22.0. The Morgan fingerprint density at radius 3 is 1.46 bits per heavy atom. The molecule has 0 fully saturated rings. The second-order valence-electron chi connectivity index (χ2n) is 5.86. The third kappa shape index (κ3) is 29.3. The first-order chi connectivity index (χ1) is 13.3. The van der Waals surface area contributed by atoms with Crippen LogP contribution in [-0.2, 0) is 0 Å². The minimum absolute atomic E-state index is 1.02. The van der Waals surface area contributed by atoms with E-state index in [1.54, 1.807) is 0 Å². The van der Waals surface area contributed by atoms with Crippen molar-refractivity contribution in [1.82, 2.24) is 0 Å². The number of benzene rings is 1. The van der Waals surface area contributed by atoms with E-state index in [1.807, 2.05) is 61.5 Å². The third-order valence-electron chi connectivity index (χ3n) is 2.95. The molecule has 0 heterocycles. The normalized spacial score (nSPS) is 7.61. The lowest BCUT2D eigenvalue weighted by Gasteiger charge is -2.11. The first kappa shape index (κ1) is 37.3. The van der Waals surface area contributed by atoms with Crippen molar-refractivity contribution in [2.75, 3.05) is 11.9 Å². The summed E-state index contributed by atoms with van der Waals surface area (Å²) in [5.41, 5.74) is 6.21. The molecule has 1 aromatic carbocycles. The van der Waals surface area contributed by atoms with Gasteiger partial charge in [0.25, 0.3) is 0 Å². The topological polar surface area (TPSA) is 12.0 Å². The molecule has 0 radical (unpaired) electrons. The molecule has 1 aromatic rings. The van der Waals surface area contributed by atoms with Gasteiger partial charge in [0.1, 0.15) is 0 Å². The number of nitrogens with one attached hydrogen (secondary N) is 1. The summed E-state index contributed by atoms with van der Waals surface area (Å²) in [5, 5.41) is 3.41. The maximum absolute atomic E-state index is 3.83. The third-order valence-corrected chi connectivity index (χ3v) is 2.95. The van der Waals surface area contributed by atoms with Gasteiger partial charge < -0.3 is 5.32 Å². The van der Waals surface area contributed by atoms with Crippen LogP contribution in [-0.4, -0.2) is 6.54 Å². The standard InChI is InChI=1S/C13H19N.C4H8.C4H10.3C2H6/c1-5-7-14-13-9-11(4)10(3)8-12(13)6-2;1-4(2)3;1-3-4-2;3*1-2/h6,8-9,14H,2,5,7H2,1,3-4H3;1H2,2-3H3;3-4H2,1-2H3;3*1-2H3. The van der Waals surface area contributed by atoms with E-state index in [-0.39, 0.29) is 0 Å². The van der Waals surface area contributed by atoms with Gasteiger partial charge in [-0.25, -0.2) is 0 Å². The van der Waals surface area contributed by atoms with Gasteiger partial charge in [0, 0.05) is 12.2 Å². The van der Waals surface area contributed by atoms with Gasteiger partial charge in [0.15, 0.2) is 0 Å². The smallest absolute Gasteiger partial charge is 0.0416 e. The number of allylic oxidation sites excluding steroid dienone is 1. The average molecular weight is 394 g/mol. The fraction of sp³-hybridized carbons (Fsp3) is 0.630. The van der Waals surface area contributed by atoms with E-state index < -0.39 is 0 Å². The van der Waals surface area contributed by atoms with Crippen LogP contribution >= 0.6 is 0 Å². The predicted octanol–water partition coefficient (Wildman–Crippen LogP) is 10.2. The monoisotopic (exact) mass is 393 g/mol. The Kier molecular flexibility index (Phi) is 44.1. The quantitative estimate of drug-likeness (QED) is 0.490.